The molecule has 0 bridgehead atoms. The topological polar surface area (TPSA) is 44.9 Å². The van der Waals surface area contributed by atoms with Gasteiger partial charge in [0.25, 0.3) is 0 Å². The fourth-order valence-electron chi connectivity index (χ4n) is 3.48. The number of imidazole rings is 2. The lowest BCUT2D eigenvalue weighted by atomic mass is 9.88. The monoisotopic (exact) mass is 316 g/mol. The van der Waals surface area contributed by atoms with Crippen LogP contribution in [-0.2, 0) is 17.8 Å². The zero-order valence-corrected chi connectivity index (χ0v) is 14.7. The van der Waals surface area contributed by atoms with Crippen LogP contribution >= 0.6 is 0 Å². The van der Waals surface area contributed by atoms with Crippen LogP contribution in [0.3, 0.4) is 0 Å². The average molecular weight is 316 g/mol. The second kappa shape index (κ2) is 6.48. The van der Waals surface area contributed by atoms with Gasteiger partial charge in [-0.15, -0.1) is 0 Å². The maximum absolute atomic E-state index is 5.85. The van der Waals surface area contributed by atoms with E-state index in [1.807, 2.05) is 18.7 Å². The third kappa shape index (κ3) is 3.83. The number of hydrogen-bond donors (Lipinski definition) is 0. The summed E-state index contributed by atoms with van der Waals surface area (Å²) >= 11 is 0. The van der Waals surface area contributed by atoms with E-state index >= 15 is 0 Å². The van der Waals surface area contributed by atoms with Crippen molar-refractivity contribution in [1.82, 2.24) is 19.1 Å². The normalized spacial score (nSPS) is 21.0. The molecule has 1 atom stereocenters. The van der Waals surface area contributed by atoms with E-state index < -0.39 is 0 Å². The highest BCUT2D eigenvalue weighted by Crippen LogP contribution is 2.34. The second-order valence-corrected chi connectivity index (χ2v) is 7.64. The minimum atomic E-state index is -0.0564. The van der Waals surface area contributed by atoms with Gasteiger partial charge in [-0.2, -0.15) is 0 Å². The summed E-state index contributed by atoms with van der Waals surface area (Å²) in [6.45, 7) is 11.5. The molecule has 126 valence electrons. The van der Waals surface area contributed by atoms with Gasteiger partial charge in [-0.3, -0.25) is 0 Å². The van der Waals surface area contributed by atoms with Gasteiger partial charge in [0.15, 0.2) is 0 Å². The molecule has 2 aromatic heterocycles. The highest BCUT2D eigenvalue weighted by molar-refractivity contribution is 5.08. The van der Waals surface area contributed by atoms with Crippen molar-refractivity contribution < 1.29 is 4.74 Å². The van der Waals surface area contributed by atoms with Crippen LogP contribution < -0.4 is 0 Å². The Bertz CT molecular complexity index is 641. The largest absolute Gasteiger partial charge is 0.376 e. The second-order valence-electron chi connectivity index (χ2n) is 7.64. The smallest absolute Gasteiger partial charge is 0.112 e. The van der Waals surface area contributed by atoms with Crippen LogP contribution in [0, 0.1) is 5.92 Å². The van der Waals surface area contributed by atoms with E-state index in [1.165, 1.54) is 11.5 Å². The van der Waals surface area contributed by atoms with Crippen LogP contribution in [-0.4, -0.2) is 31.3 Å². The van der Waals surface area contributed by atoms with Crippen molar-refractivity contribution in [3.05, 3.63) is 36.4 Å². The molecular formula is C18H28N4O. The number of nitrogens with zero attached hydrogens (tertiary/aromatic N) is 4. The van der Waals surface area contributed by atoms with E-state index in [2.05, 4.69) is 53.0 Å². The number of ether oxygens (including phenoxy) is 1. The molecule has 5 heteroatoms. The first-order valence-electron chi connectivity index (χ1n) is 8.58. The highest BCUT2D eigenvalue weighted by atomic mass is 16.5. The Kier molecular flexibility index (Phi) is 4.57. The van der Waals surface area contributed by atoms with Crippen molar-refractivity contribution >= 4 is 0 Å². The predicted octanol–water partition coefficient (Wildman–Crippen LogP) is 3.46. The molecule has 5 nitrogen and oxygen atoms in total. The van der Waals surface area contributed by atoms with Crippen molar-refractivity contribution in [2.45, 2.75) is 65.1 Å². The van der Waals surface area contributed by atoms with Crippen LogP contribution in [0.2, 0.25) is 0 Å². The van der Waals surface area contributed by atoms with Crippen LogP contribution in [0.4, 0.5) is 0 Å². The highest BCUT2D eigenvalue weighted by Gasteiger charge is 2.31. The quantitative estimate of drug-likeness (QED) is 0.848. The van der Waals surface area contributed by atoms with Gasteiger partial charge in [0.05, 0.1) is 24.2 Å². The Hall–Kier alpha value is -1.62. The summed E-state index contributed by atoms with van der Waals surface area (Å²) in [5.41, 5.74) is 1.18. The lowest BCUT2D eigenvalue weighted by Gasteiger charge is -2.35. The van der Waals surface area contributed by atoms with Gasteiger partial charge in [0.2, 0.25) is 0 Å². The molecule has 0 aliphatic carbocycles. The fraction of sp³-hybridized carbons (Fsp3) is 0.667. The van der Waals surface area contributed by atoms with Gasteiger partial charge in [0.1, 0.15) is 5.82 Å². The molecule has 1 saturated heterocycles. The van der Waals surface area contributed by atoms with E-state index in [0.717, 1.165) is 32.5 Å². The molecule has 1 aliphatic heterocycles. The first-order chi connectivity index (χ1) is 10.9. The maximum Gasteiger partial charge on any atom is 0.112 e. The van der Waals surface area contributed by atoms with Crippen LogP contribution in [0.25, 0.3) is 0 Å². The van der Waals surface area contributed by atoms with Crippen LogP contribution in [0.15, 0.2) is 24.9 Å². The Morgan fingerprint density at radius 2 is 2.17 bits per heavy atom. The molecule has 3 rings (SSSR count). The van der Waals surface area contributed by atoms with Gasteiger partial charge in [-0.25, -0.2) is 9.97 Å². The Morgan fingerprint density at radius 3 is 2.91 bits per heavy atom. The standard InChI is InChI=1S/C18H28N4O/c1-14(2)11-22-13-19-10-16(22)12-21-7-6-20-17(21)15-5-8-23-18(3,4)9-15/h6-7,10,13-15H,5,8-9,11-12H2,1-4H3. The van der Waals surface area contributed by atoms with E-state index in [0.29, 0.717) is 11.8 Å². The van der Waals surface area contributed by atoms with E-state index in [-0.39, 0.29) is 5.60 Å². The SMILES string of the molecule is CC(C)Cn1cncc1Cn1ccnc1C1CCOC(C)(C)C1. The van der Waals surface area contributed by atoms with Gasteiger partial charge in [-0.1, -0.05) is 13.8 Å². The summed E-state index contributed by atoms with van der Waals surface area (Å²) in [5, 5.41) is 0. The van der Waals surface area contributed by atoms with Gasteiger partial charge in [-0.05, 0) is 32.6 Å². The van der Waals surface area contributed by atoms with E-state index in [9.17, 15) is 0 Å². The maximum atomic E-state index is 5.85. The van der Waals surface area contributed by atoms with E-state index in [1.54, 1.807) is 0 Å². The average Bonchev–Trinajstić information content (AvgIpc) is 3.08. The third-order valence-corrected chi connectivity index (χ3v) is 4.50. The first-order valence-corrected chi connectivity index (χ1v) is 8.58. The fourth-order valence-corrected chi connectivity index (χ4v) is 3.48. The lowest BCUT2D eigenvalue weighted by molar-refractivity contribution is -0.0606. The summed E-state index contributed by atoms with van der Waals surface area (Å²) in [6.07, 6.45) is 9.98. The van der Waals surface area contributed by atoms with Crippen molar-refractivity contribution in [3.63, 3.8) is 0 Å². The number of aromatic nitrogens is 4. The summed E-state index contributed by atoms with van der Waals surface area (Å²) in [5.74, 6) is 2.26. The lowest BCUT2D eigenvalue weighted by Crippen LogP contribution is -2.34. The first kappa shape index (κ1) is 16.2. The summed E-state index contributed by atoms with van der Waals surface area (Å²) in [6, 6.07) is 0. The molecule has 0 radical (unpaired) electrons. The van der Waals surface area contributed by atoms with Gasteiger partial charge in [0, 0.05) is 37.7 Å². The number of rotatable bonds is 5. The van der Waals surface area contributed by atoms with E-state index in [4.69, 9.17) is 4.74 Å². The molecule has 0 N–H and O–H groups in total. The minimum absolute atomic E-state index is 0.0564. The molecule has 0 saturated carbocycles. The molecule has 0 aromatic carbocycles. The molecule has 1 aliphatic rings. The Morgan fingerprint density at radius 1 is 1.35 bits per heavy atom. The third-order valence-electron chi connectivity index (χ3n) is 4.50. The van der Waals surface area contributed by atoms with Crippen molar-refractivity contribution in [1.29, 1.82) is 0 Å². The Labute approximate surface area is 138 Å². The molecule has 0 amide bonds. The zero-order chi connectivity index (χ0) is 16.4. The molecule has 1 fully saturated rings. The molecule has 0 spiro atoms. The van der Waals surface area contributed by atoms with Crippen molar-refractivity contribution in [3.8, 4) is 0 Å². The van der Waals surface area contributed by atoms with Gasteiger partial charge >= 0.3 is 0 Å². The van der Waals surface area contributed by atoms with Crippen molar-refractivity contribution in [2.24, 2.45) is 5.92 Å². The molecule has 2 aromatic rings. The van der Waals surface area contributed by atoms with Crippen LogP contribution in [0.5, 0.6) is 0 Å². The summed E-state index contributed by atoms with van der Waals surface area (Å²) in [7, 11) is 0. The zero-order valence-electron chi connectivity index (χ0n) is 14.7. The number of hydrogen-bond acceptors (Lipinski definition) is 3. The predicted molar refractivity (Wildman–Crippen MR) is 90.4 cm³/mol. The molecule has 23 heavy (non-hydrogen) atoms. The summed E-state index contributed by atoms with van der Waals surface area (Å²) < 4.78 is 10.4. The summed E-state index contributed by atoms with van der Waals surface area (Å²) in [4.78, 5) is 8.98. The molecule has 3 heterocycles. The van der Waals surface area contributed by atoms with Crippen molar-refractivity contribution in [2.75, 3.05) is 6.61 Å². The van der Waals surface area contributed by atoms with Gasteiger partial charge < -0.3 is 13.9 Å². The van der Waals surface area contributed by atoms with Crippen LogP contribution in [0.1, 0.15) is 58.0 Å². The molecular weight excluding hydrogens is 288 g/mol. The molecule has 1 unspecified atom stereocenters. The minimum Gasteiger partial charge on any atom is -0.376 e. The Balaban J connectivity index is 1.78.